The highest BCUT2D eigenvalue weighted by molar-refractivity contribution is 6.60. The molecule has 0 rings (SSSR count). The van der Waals surface area contributed by atoms with Gasteiger partial charge in [-0.3, -0.25) is 0 Å². The third-order valence-electron chi connectivity index (χ3n) is 3.44. The van der Waals surface area contributed by atoms with Crippen LogP contribution in [0.1, 0.15) is 59.3 Å². The predicted molar refractivity (Wildman–Crippen MR) is 90.2 cm³/mol. The van der Waals surface area contributed by atoms with Gasteiger partial charge in [0.1, 0.15) is 0 Å². The molecule has 0 amide bonds. The van der Waals surface area contributed by atoms with Gasteiger partial charge in [0.2, 0.25) is 0 Å². The fourth-order valence-corrected chi connectivity index (χ4v) is 5.14. The summed E-state index contributed by atoms with van der Waals surface area (Å²) in [6.07, 6.45) is 6.68. The van der Waals surface area contributed by atoms with E-state index in [0.717, 1.165) is 31.9 Å². The normalized spacial score (nSPS) is 13.6. The van der Waals surface area contributed by atoms with E-state index in [0.29, 0.717) is 19.8 Å². The second kappa shape index (κ2) is 13.7. The maximum absolute atomic E-state index is 6.21. The summed E-state index contributed by atoms with van der Waals surface area (Å²) in [4.78, 5) is 0. The molecule has 0 aromatic heterocycles. The Morgan fingerprint density at radius 1 is 0.810 bits per heavy atom. The molecule has 4 N–H and O–H groups in total. The van der Waals surface area contributed by atoms with E-state index in [2.05, 4.69) is 0 Å². The minimum absolute atomic E-state index is 0.205. The van der Waals surface area contributed by atoms with Crippen molar-refractivity contribution in [2.75, 3.05) is 26.4 Å². The number of nitrogens with two attached hydrogens (primary N) is 2. The zero-order chi connectivity index (χ0) is 16.0. The lowest BCUT2D eigenvalue weighted by molar-refractivity contribution is 0.0702. The van der Waals surface area contributed by atoms with Crippen LogP contribution in [-0.4, -0.2) is 41.2 Å². The number of hydrogen-bond donors (Lipinski definition) is 2. The third kappa shape index (κ3) is 10.4. The van der Waals surface area contributed by atoms with Gasteiger partial charge in [0.25, 0.3) is 0 Å². The number of unbranched alkanes of at least 4 members (excludes halogenated alkanes) is 3. The quantitative estimate of drug-likeness (QED) is 0.358. The predicted octanol–water partition coefficient (Wildman–Crippen LogP) is 2.66. The van der Waals surface area contributed by atoms with Crippen molar-refractivity contribution in [3.05, 3.63) is 0 Å². The van der Waals surface area contributed by atoms with Crippen molar-refractivity contribution in [1.82, 2.24) is 0 Å². The third-order valence-corrected chi connectivity index (χ3v) is 6.53. The van der Waals surface area contributed by atoms with Crippen LogP contribution in [0.3, 0.4) is 0 Å². The van der Waals surface area contributed by atoms with E-state index >= 15 is 0 Å². The van der Waals surface area contributed by atoms with Crippen LogP contribution < -0.4 is 11.5 Å². The lowest BCUT2D eigenvalue weighted by Gasteiger charge is -2.29. The molecule has 0 heterocycles. The summed E-state index contributed by atoms with van der Waals surface area (Å²) in [5.74, 6) is 0. The first-order chi connectivity index (χ1) is 10.1. The molecule has 0 bridgehead atoms. The van der Waals surface area contributed by atoms with Gasteiger partial charge in [-0.2, -0.15) is 0 Å². The molecule has 0 saturated carbocycles. The van der Waals surface area contributed by atoms with Crippen LogP contribution in [0.4, 0.5) is 0 Å². The molecular formula is C15H36N2O3Si. The average Bonchev–Trinajstić information content (AvgIpc) is 2.46. The van der Waals surface area contributed by atoms with Crippen LogP contribution in [0.2, 0.25) is 6.04 Å². The number of hydrogen-bond acceptors (Lipinski definition) is 5. The van der Waals surface area contributed by atoms with Crippen LogP contribution in [-0.2, 0) is 13.3 Å². The van der Waals surface area contributed by atoms with Gasteiger partial charge < -0.3 is 24.7 Å². The molecule has 5 nitrogen and oxygen atoms in total. The Bertz CT molecular complexity index is 216. The van der Waals surface area contributed by atoms with E-state index in [9.17, 15) is 0 Å². The topological polar surface area (TPSA) is 79.7 Å². The highest BCUT2D eigenvalue weighted by Gasteiger charge is 2.40. The summed E-state index contributed by atoms with van der Waals surface area (Å²) in [7, 11) is -2.52. The Balaban J connectivity index is 4.08. The first-order valence-corrected chi connectivity index (χ1v) is 10.4. The molecule has 128 valence electrons. The second-order valence-corrected chi connectivity index (χ2v) is 8.00. The molecule has 0 aliphatic rings. The van der Waals surface area contributed by atoms with Gasteiger partial charge in [0, 0.05) is 31.9 Å². The van der Waals surface area contributed by atoms with Crippen LogP contribution >= 0.6 is 0 Å². The minimum atomic E-state index is -2.52. The first kappa shape index (κ1) is 21.0. The van der Waals surface area contributed by atoms with E-state index in [4.69, 9.17) is 24.7 Å². The highest BCUT2D eigenvalue weighted by atomic mass is 28.4. The molecule has 0 aliphatic carbocycles. The summed E-state index contributed by atoms with van der Waals surface area (Å²) in [5, 5.41) is 0. The van der Waals surface area contributed by atoms with E-state index in [1.807, 2.05) is 20.8 Å². The molecule has 0 aromatic rings. The lowest BCUT2D eigenvalue weighted by atomic mass is 10.1. The molecule has 1 unspecified atom stereocenters. The Kier molecular flexibility index (Phi) is 13.7. The fourth-order valence-electron chi connectivity index (χ4n) is 2.41. The first-order valence-electron chi connectivity index (χ1n) is 8.51. The van der Waals surface area contributed by atoms with Crippen molar-refractivity contribution in [3.8, 4) is 0 Å². The maximum Gasteiger partial charge on any atom is 0.500 e. The standard InChI is InChI=1S/C15H36N2O3Si/c1-4-18-21(19-5-2,20-6-3)14-12-15(17)11-9-7-8-10-13-16/h15H,4-14,16-17H2,1-3H3. The van der Waals surface area contributed by atoms with E-state index < -0.39 is 8.80 Å². The molecule has 0 radical (unpaired) electrons. The van der Waals surface area contributed by atoms with Crippen molar-refractivity contribution in [3.63, 3.8) is 0 Å². The largest absolute Gasteiger partial charge is 0.500 e. The molecule has 0 saturated heterocycles. The SMILES string of the molecule is CCO[Si](CCC(N)CCCCCCN)(OCC)OCC. The summed E-state index contributed by atoms with van der Waals surface area (Å²) in [5.41, 5.74) is 11.7. The molecule has 0 spiro atoms. The van der Waals surface area contributed by atoms with Crippen molar-refractivity contribution in [1.29, 1.82) is 0 Å². The summed E-state index contributed by atoms with van der Waals surface area (Å²) >= 11 is 0. The van der Waals surface area contributed by atoms with Gasteiger partial charge in [-0.05, 0) is 46.6 Å². The minimum Gasteiger partial charge on any atom is -0.374 e. The molecule has 21 heavy (non-hydrogen) atoms. The zero-order valence-corrected chi connectivity index (χ0v) is 15.2. The summed E-state index contributed by atoms with van der Waals surface area (Å²) in [6.45, 7) is 8.62. The van der Waals surface area contributed by atoms with Crippen LogP contribution in [0.25, 0.3) is 0 Å². The van der Waals surface area contributed by atoms with E-state index in [1.165, 1.54) is 19.3 Å². The summed E-state index contributed by atoms with van der Waals surface area (Å²) < 4.78 is 17.5. The Morgan fingerprint density at radius 3 is 1.81 bits per heavy atom. The van der Waals surface area contributed by atoms with Crippen molar-refractivity contribution < 1.29 is 13.3 Å². The average molecular weight is 321 g/mol. The van der Waals surface area contributed by atoms with Crippen molar-refractivity contribution in [2.45, 2.75) is 71.4 Å². The van der Waals surface area contributed by atoms with Gasteiger partial charge in [-0.1, -0.05) is 19.3 Å². The molecular weight excluding hydrogens is 284 g/mol. The van der Waals surface area contributed by atoms with Crippen molar-refractivity contribution in [2.24, 2.45) is 11.5 Å². The van der Waals surface area contributed by atoms with Crippen LogP contribution in [0.15, 0.2) is 0 Å². The second-order valence-electron chi connectivity index (χ2n) is 5.27. The lowest BCUT2D eigenvalue weighted by Crippen LogP contribution is -2.46. The number of rotatable bonds is 15. The monoisotopic (exact) mass is 320 g/mol. The van der Waals surface area contributed by atoms with Crippen molar-refractivity contribution >= 4 is 8.80 Å². The molecule has 0 aliphatic heterocycles. The maximum atomic E-state index is 6.21. The van der Waals surface area contributed by atoms with Gasteiger partial charge in [0.05, 0.1) is 0 Å². The van der Waals surface area contributed by atoms with Gasteiger partial charge >= 0.3 is 8.80 Å². The fraction of sp³-hybridized carbons (Fsp3) is 1.00. The van der Waals surface area contributed by atoms with Crippen LogP contribution in [0.5, 0.6) is 0 Å². The van der Waals surface area contributed by atoms with Crippen LogP contribution in [0, 0.1) is 0 Å². The zero-order valence-electron chi connectivity index (χ0n) is 14.2. The Morgan fingerprint density at radius 2 is 1.33 bits per heavy atom. The summed E-state index contributed by atoms with van der Waals surface area (Å²) in [6, 6.07) is 1.02. The molecule has 6 heteroatoms. The highest BCUT2D eigenvalue weighted by Crippen LogP contribution is 2.20. The molecule has 0 aromatic carbocycles. The van der Waals surface area contributed by atoms with Gasteiger partial charge in [-0.25, -0.2) is 0 Å². The smallest absolute Gasteiger partial charge is 0.374 e. The van der Waals surface area contributed by atoms with E-state index in [1.54, 1.807) is 0 Å². The Hall–Kier alpha value is 0.0169. The molecule has 1 atom stereocenters. The van der Waals surface area contributed by atoms with E-state index in [-0.39, 0.29) is 6.04 Å². The van der Waals surface area contributed by atoms with Gasteiger partial charge in [0.15, 0.2) is 0 Å². The Labute approximate surface area is 132 Å². The molecule has 0 fully saturated rings. The van der Waals surface area contributed by atoms with Gasteiger partial charge in [-0.15, -0.1) is 0 Å².